The molecule has 0 spiro atoms. The van der Waals surface area contributed by atoms with Crippen molar-refractivity contribution in [1.29, 1.82) is 0 Å². The molecule has 0 bridgehead atoms. The number of amides is 2. The highest BCUT2D eigenvalue weighted by molar-refractivity contribution is 5.95. The van der Waals surface area contributed by atoms with Crippen LogP contribution >= 0.6 is 0 Å². The molecule has 0 aromatic heterocycles. The minimum Gasteiger partial charge on any atom is -0.493 e. The molecule has 3 N–H and O–H groups in total. The molecule has 2 amide bonds. The standard InChI is InChI=1S/C25H26N2O6/c1-30-21-12-19(13-22(31-2)24(21)33-16-23(26)28)25(29)27-14-17-7-6-8-18(11-17)15-32-20-9-4-3-5-10-20/h3-13H,14-16H2,1-2H3,(H2,26,28)(H,27,29). The Balaban J connectivity index is 1.66. The largest absolute Gasteiger partial charge is 0.493 e. The molecule has 0 aliphatic heterocycles. The van der Waals surface area contributed by atoms with Gasteiger partial charge in [-0.2, -0.15) is 0 Å². The van der Waals surface area contributed by atoms with Crippen molar-refractivity contribution in [2.75, 3.05) is 20.8 Å². The summed E-state index contributed by atoms with van der Waals surface area (Å²) < 4.78 is 21.8. The van der Waals surface area contributed by atoms with E-state index in [1.807, 2.05) is 54.6 Å². The first-order valence-corrected chi connectivity index (χ1v) is 10.2. The minimum atomic E-state index is -0.641. The van der Waals surface area contributed by atoms with E-state index < -0.39 is 5.91 Å². The summed E-state index contributed by atoms with van der Waals surface area (Å²) in [5.41, 5.74) is 7.38. The zero-order valence-electron chi connectivity index (χ0n) is 18.5. The Morgan fingerprint density at radius 1 is 0.848 bits per heavy atom. The number of ether oxygens (including phenoxy) is 4. The lowest BCUT2D eigenvalue weighted by Gasteiger charge is -2.15. The van der Waals surface area contributed by atoms with Gasteiger partial charge in [-0.1, -0.05) is 42.5 Å². The summed E-state index contributed by atoms with van der Waals surface area (Å²) in [7, 11) is 2.85. The molecule has 0 aliphatic carbocycles. The van der Waals surface area contributed by atoms with Crippen LogP contribution in [0.5, 0.6) is 23.0 Å². The molecule has 0 unspecified atom stereocenters. The van der Waals surface area contributed by atoms with Crippen molar-refractivity contribution in [2.45, 2.75) is 13.2 Å². The van der Waals surface area contributed by atoms with E-state index in [1.54, 1.807) is 0 Å². The lowest BCUT2D eigenvalue weighted by atomic mass is 10.1. The summed E-state index contributed by atoms with van der Waals surface area (Å²) in [5.74, 6) is 0.529. The maximum Gasteiger partial charge on any atom is 0.255 e. The van der Waals surface area contributed by atoms with Crippen LogP contribution < -0.4 is 30.0 Å². The van der Waals surface area contributed by atoms with Gasteiger partial charge in [0.15, 0.2) is 18.1 Å². The van der Waals surface area contributed by atoms with Gasteiger partial charge in [0.05, 0.1) is 14.2 Å². The Labute approximate surface area is 192 Å². The Bertz CT molecular complexity index is 1080. The van der Waals surface area contributed by atoms with E-state index in [0.717, 1.165) is 16.9 Å². The van der Waals surface area contributed by atoms with Crippen molar-refractivity contribution in [3.05, 3.63) is 83.4 Å². The summed E-state index contributed by atoms with van der Waals surface area (Å²) in [5, 5.41) is 2.88. The van der Waals surface area contributed by atoms with Gasteiger partial charge in [0.25, 0.3) is 11.8 Å². The summed E-state index contributed by atoms with van der Waals surface area (Å²) in [6.45, 7) is 0.401. The van der Waals surface area contributed by atoms with Crippen LogP contribution in [0.4, 0.5) is 0 Å². The highest BCUT2D eigenvalue weighted by Gasteiger charge is 2.18. The van der Waals surface area contributed by atoms with Crippen LogP contribution in [0.2, 0.25) is 0 Å². The predicted molar refractivity (Wildman–Crippen MR) is 123 cm³/mol. The number of rotatable bonds is 11. The second-order valence-corrected chi connectivity index (χ2v) is 7.07. The molecular formula is C25H26N2O6. The fraction of sp³-hybridized carbons (Fsp3) is 0.200. The first-order chi connectivity index (χ1) is 16.0. The Morgan fingerprint density at radius 3 is 2.15 bits per heavy atom. The third-order valence-electron chi connectivity index (χ3n) is 4.67. The van der Waals surface area contributed by atoms with Gasteiger partial charge in [-0.15, -0.1) is 0 Å². The van der Waals surface area contributed by atoms with E-state index in [9.17, 15) is 9.59 Å². The molecule has 3 rings (SSSR count). The Kier molecular flexibility index (Phi) is 8.13. The van der Waals surface area contributed by atoms with Crippen LogP contribution in [0.25, 0.3) is 0 Å². The third-order valence-corrected chi connectivity index (χ3v) is 4.67. The number of hydrogen-bond donors (Lipinski definition) is 2. The Morgan fingerprint density at radius 2 is 1.52 bits per heavy atom. The molecule has 3 aromatic rings. The van der Waals surface area contributed by atoms with E-state index >= 15 is 0 Å². The van der Waals surface area contributed by atoms with Crippen molar-refractivity contribution in [3.63, 3.8) is 0 Å². The number of methoxy groups -OCH3 is 2. The van der Waals surface area contributed by atoms with E-state index in [2.05, 4.69) is 5.32 Å². The number of primary amides is 1. The number of nitrogens with two attached hydrogens (primary N) is 1. The summed E-state index contributed by atoms with van der Waals surface area (Å²) >= 11 is 0. The van der Waals surface area contributed by atoms with Gasteiger partial charge in [-0.25, -0.2) is 0 Å². The van der Waals surface area contributed by atoms with Gasteiger partial charge in [0, 0.05) is 12.1 Å². The normalized spacial score (nSPS) is 10.2. The first-order valence-electron chi connectivity index (χ1n) is 10.2. The van der Waals surface area contributed by atoms with Crippen LogP contribution in [0, 0.1) is 0 Å². The number of para-hydroxylation sites is 1. The molecule has 0 fully saturated rings. The molecular weight excluding hydrogens is 424 g/mol. The topological polar surface area (TPSA) is 109 Å². The number of carbonyl (C=O) groups excluding carboxylic acids is 2. The smallest absolute Gasteiger partial charge is 0.255 e. The van der Waals surface area contributed by atoms with E-state index in [1.165, 1.54) is 26.4 Å². The fourth-order valence-electron chi connectivity index (χ4n) is 3.09. The van der Waals surface area contributed by atoms with Crippen LogP contribution in [0.3, 0.4) is 0 Å². The van der Waals surface area contributed by atoms with E-state index in [0.29, 0.717) is 18.7 Å². The SMILES string of the molecule is COc1cc(C(=O)NCc2cccc(COc3ccccc3)c2)cc(OC)c1OCC(N)=O. The average molecular weight is 450 g/mol. The summed E-state index contributed by atoms with van der Waals surface area (Å²) in [6.07, 6.45) is 0. The van der Waals surface area contributed by atoms with Crippen LogP contribution in [0.15, 0.2) is 66.7 Å². The van der Waals surface area contributed by atoms with E-state index in [4.69, 9.17) is 24.7 Å². The molecule has 8 heteroatoms. The highest BCUT2D eigenvalue weighted by atomic mass is 16.5. The molecule has 33 heavy (non-hydrogen) atoms. The number of carbonyl (C=O) groups is 2. The van der Waals surface area contributed by atoms with Crippen molar-refractivity contribution in [1.82, 2.24) is 5.32 Å². The second kappa shape index (κ2) is 11.4. The van der Waals surface area contributed by atoms with Crippen molar-refractivity contribution in [3.8, 4) is 23.0 Å². The Hall–Kier alpha value is -4.20. The van der Waals surface area contributed by atoms with Crippen molar-refractivity contribution < 1.29 is 28.5 Å². The maximum atomic E-state index is 12.8. The molecule has 0 saturated heterocycles. The summed E-state index contributed by atoms with van der Waals surface area (Å²) in [6, 6.07) is 20.4. The van der Waals surface area contributed by atoms with E-state index in [-0.39, 0.29) is 29.8 Å². The number of nitrogens with one attached hydrogen (secondary N) is 1. The van der Waals surface area contributed by atoms with Crippen molar-refractivity contribution in [2.24, 2.45) is 5.73 Å². The van der Waals surface area contributed by atoms with Gasteiger partial charge < -0.3 is 30.0 Å². The molecule has 0 atom stereocenters. The van der Waals surface area contributed by atoms with Gasteiger partial charge in [0.1, 0.15) is 12.4 Å². The maximum absolute atomic E-state index is 12.8. The molecule has 0 saturated carbocycles. The molecule has 172 valence electrons. The van der Waals surface area contributed by atoms with Crippen molar-refractivity contribution >= 4 is 11.8 Å². The lowest BCUT2D eigenvalue weighted by Crippen LogP contribution is -2.23. The van der Waals surface area contributed by atoms with Gasteiger partial charge in [0.2, 0.25) is 5.75 Å². The predicted octanol–water partition coefficient (Wildman–Crippen LogP) is 3.08. The van der Waals surface area contributed by atoms with Gasteiger partial charge in [-0.05, 0) is 35.4 Å². The molecule has 0 radical (unpaired) electrons. The monoisotopic (exact) mass is 450 g/mol. The fourth-order valence-corrected chi connectivity index (χ4v) is 3.09. The zero-order valence-corrected chi connectivity index (χ0v) is 18.5. The highest BCUT2D eigenvalue weighted by Crippen LogP contribution is 2.38. The van der Waals surface area contributed by atoms with Crippen LogP contribution in [-0.4, -0.2) is 32.6 Å². The number of benzene rings is 3. The average Bonchev–Trinajstić information content (AvgIpc) is 2.85. The molecule has 0 heterocycles. The van der Waals surface area contributed by atoms with Crippen LogP contribution in [0.1, 0.15) is 21.5 Å². The zero-order chi connectivity index (χ0) is 23.6. The number of hydrogen-bond acceptors (Lipinski definition) is 6. The third kappa shape index (κ3) is 6.64. The molecule has 0 aliphatic rings. The lowest BCUT2D eigenvalue weighted by molar-refractivity contribution is -0.120. The second-order valence-electron chi connectivity index (χ2n) is 7.07. The molecule has 8 nitrogen and oxygen atoms in total. The van der Waals surface area contributed by atoms with Gasteiger partial charge in [-0.3, -0.25) is 9.59 Å². The molecule has 3 aromatic carbocycles. The van der Waals surface area contributed by atoms with Gasteiger partial charge >= 0.3 is 0 Å². The summed E-state index contributed by atoms with van der Waals surface area (Å²) in [4.78, 5) is 23.8. The van der Waals surface area contributed by atoms with Crippen LogP contribution in [-0.2, 0) is 17.9 Å². The quantitative estimate of drug-likeness (QED) is 0.465. The first kappa shape index (κ1) is 23.5. The minimum absolute atomic E-state index is 0.196.